The lowest BCUT2D eigenvalue weighted by atomic mass is 10.2. The highest BCUT2D eigenvalue weighted by Gasteiger charge is 2.02. The summed E-state index contributed by atoms with van der Waals surface area (Å²) in [6.07, 6.45) is 5.31. The molecular weight excluding hydrogens is 226 g/mol. The molecule has 0 bridgehead atoms. The Kier molecular flexibility index (Phi) is 4.55. The number of hydrogen-bond acceptors (Lipinski definition) is 3. The van der Waals surface area contributed by atoms with Gasteiger partial charge in [-0.1, -0.05) is 30.9 Å². The molecule has 0 aliphatic rings. The number of nitrogens with one attached hydrogen (secondary N) is 2. The van der Waals surface area contributed by atoms with Crippen LogP contribution in [0.2, 0.25) is 0 Å². The van der Waals surface area contributed by atoms with Crippen LogP contribution < -0.4 is 10.1 Å². The van der Waals surface area contributed by atoms with E-state index in [1.807, 2.05) is 30.5 Å². The van der Waals surface area contributed by atoms with Gasteiger partial charge in [-0.3, -0.25) is 0 Å². The maximum absolute atomic E-state index is 5.59. The Morgan fingerprint density at radius 1 is 1.33 bits per heavy atom. The first-order valence-corrected chi connectivity index (χ1v) is 5.90. The lowest BCUT2D eigenvalue weighted by molar-refractivity contribution is 0.357. The summed E-state index contributed by atoms with van der Waals surface area (Å²) in [5, 5.41) is 3.32. The molecule has 1 aromatic heterocycles. The summed E-state index contributed by atoms with van der Waals surface area (Å²) < 4.78 is 5.59. The van der Waals surface area contributed by atoms with E-state index in [0.717, 1.165) is 23.7 Å². The molecule has 0 atom stereocenters. The molecule has 0 fully saturated rings. The van der Waals surface area contributed by atoms with Gasteiger partial charge in [0.15, 0.2) is 0 Å². The minimum absolute atomic E-state index is 0.523. The number of hydrogen-bond donors (Lipinski definition) is 2. The summed E-state index contributed by atoms with van der Waals surface area (Å²) in [6.45, 7) is 5.63. The number of aromatic nitrogens is 2. The number of rotatable bonds is 7. The zero-order valence-corrected chi connectivity index (χ0v) is 10.2. The summed E-state index contributed by atoms with van der Waals surface area (Å²) >= 11 is 0. The zero-order chi connectivity index (χ0) is 12.6. The predicted octanol–water partition coefficient (Wildman–Crippen LogP) is 2.26. The van der Waals surface area contributed by atoms with E-state index in [9.17, 15) is 0 Å². The molecule has 1 aromatic carbocycles. The van der Waals surface area contributed by atoms with E-state index in [4.69, 9.17) is 4.74 Å². The van der Waals surface area contributed by atoms with Crippen LogP contribution in [-0.4, -0.2) is 16.6 Å². The molecule has 0 saturated carbocycles. The smallest absolute Gasteiger partial charge is 0.124 e. The largest absolute Gasteiger partial charge is 0.489 e. The highest BCUT2D eigenvalue weighted by molar-refractivity contribution is 5.33. The van der Waals surface area contributed by atoms with E-state index in [1.165, 1.54) is 0 Å². The fourth-order valence-corrected chi connectivity index (χ4v) is 1.65. The monoisotopic (exact) mass is 243 g/mol. The summed E-state index contributed by atoms with van der Waals surface area (Å²) in [6, 6.07) is 7.99. The van der Waals surface area contributed by atoms with Gasteiger partial charge in [0.25, 0.3) is 0 Å². The Balaban J connectivity index is 1.89. The number of para-hydroxylation sites is 1. The molecule has 18 heavy (non-hydrogen) atoms. The maximum atomic E-state index is 5.59. The van der Waals surface area contributed by atoms with Crippen molar-refractivity contribution in [1.82, 2.24) is 15.3 Å². The third-order valence-corrected chi connectivity index (χ3v) is 2.49. The minimum Gasteiger partial charge on any atom is -0.489 e. The first-order valence-electron chi connectivity index (χ1n) is 5.90. The van der Waals surface area contributed by atoms with E-state index in [0.29, 0.717) is 13.2 Å². The molecule has 4 heteroatoms. The van der Waals surface area contributed by atoms with Crippen LogP contribution in [0.15, 0.2) is 49.3 Å². The summed E-state index contributed by atoms with van der Waals surface area (Å²) in [5.41, 5.74) is 1.13. The first-order chi connectivity index (χ1) is 8.90. The van der Waals surface area contributed by atoms with Gasteiger partial charge >= 0.3 is 0 Å². The van der Waals surface area contributed by atoms with Gasteiger partial charge in [-0.2, -0.15) is 0 Å². The second-order valence-corrected chi connectivity index (χ2v) is 3.85. The van der Waals surface area contributed by atoms with Gasteiger partial charge in [0.2, 0.25) is 0 Å². The van der Waals surface area contributed by atoms with Gasteiger partial charge in [-0.25, -0.2) is 4.98 Å². The topological polar surface area (TPSA) is 49.9 Å². The molecule has 0 saturated heterocycles. The van der Waals surface area contributed by atoms with Crippen LogP contribution in [0.4, 0.5) is 0 Å². The molecule has 0 radical (unpaired) electrons. The fraction of sp³-hybridized carbons (Fsp3) is 0.214. The maximum Gasteiger partial charge on any atom is 0.124 e. The van der Waals surface area contributed by atoms with Gasteiger partial charge in [0.1, 0.15) is 18.2 Å². The van der Waals surface area contributed by atoms with Gasteiger partial charge in [-0.15, -0.1) is 0 Å². The average molecular weight is 243 g/mol. The van der Waals surface area contributed by atoms with Gasteiger partial charge in [0.05, 0.1) is 6.54 Å². The van der Waals surface area contributed by atoms with Crippen LogP contribution >= 0.6 is 0 Å². The normalized spacial score (nSPS) is 10.2. The second kappa shape index (κ2) is 6.61. The van der Waals surface area contributed by atoms with Crippen LogP contribution in [0.3, 0.4) is 0 Å². The van der Waals surface area contributed by atoms with Crippen LogP contribution in [0, 0.1) is 0 Å². The number of ether oxygens (including phenoxy) is 1. The van der Waals surface area contributed by atoms with Crippen molar-refractivity contribution >= 4 is 0 Å². The van der Waals surface area contributed by atoms with Gasteiger partial charge in [0, 0.05) is 24.5 Å². The van der Waals surface area contributed by atoms with Crippen molar-refractivity contribution in [2.75, 3.05) is 6.61 Å². The average Bonchev–Trinajstić information content (AvgIpc) is 2.91. The molecule has 2 aromatic rings. The summed E-state index contributed by atoms with van der Waals surface area (Å²) in [5.74, 6) is 1.82. The molecule has 2 N–H and O–H groups in total. The van der Waals surface area contributed by atoms with Crippen molar-refractivity contribution in [2.24, 2.45) is 0 Å². The van der Waals surface area contributed by atoms with Gasteiger partial charge in [-0.05, 0) is 6.07 Å². The Hall–Kier alpha value is -2.07. The third kappa shape index (κ3) is 3.46. The Morgan fingerprint density at radius 3 is 3.00 bits per heavy atom. The molecule has 4 nitrogen and oxygen atoms in total. The summed E-state index contributed by atoms with van der Waals surface area (Å²) in [4.78, 5) is 7.21. The summed E-state index contributed by atoms with van der Waals surface area (Å²) in [7, 11) is 0. The van der Waals surface area contributed by atoms with E-state index >= 15 is 0 Å². The van der Waals surface area contributed by atoms with Crippen molar-refractivity contribution in [3.05, 3.63) is 60.7 Å². The third-order valence-electron chi connectivity index (χ3n) is 2.49. The highest BCUT2D eigenvalue weighted by Crippen LogP contribution is 2.17. The Bertz CT molecular complexity index is 480. The number of aromatic amines is 1. The van der Waals surface area contributed by atoms with Crippen molar-refractivity contribution in [3.8, 4) is 5.75 Å². The molecule has 0 amide bonds. The van der Waals surface area contributed by atoms with Crippen LogP contribution in [-0.2, 0) is 13.1 Å². The van der Waals surface area contributed by atoms with Crippen molar-refractivity contribution in [3.63, 3.8) is 0 Å². The lowest BCUT2D eigenvalue weighted by Crippen LogP contribution is -2.14. The van der Waals surface area contributed by atoms with Crippen LogP contribution in [0.5, 0.6) is 5.75 Å². The minimum atomic E-state index is 0.523. The Labute approximate surface area is 107 Å². The van der Waals surface area contributed by atoms with Crippen molar-refractivity contribution in [1.29, 1.82) is 0 Å². The molecule has 0 spiro atoms. The number of nitrogens with zero attached hydrogens (tertiary/aromatic N) is 1. The second-order valence-electron chi connectivity index (χ2n) is 3.85. The molecule has 2 rings (SSSR count). The van der Waals surface area contributed by atoms with Crippen molar-refractivity contribution in [2.45, 2.75) is 13.1 Å². The van der Waals surface area contributed by atoms with E-state index in [2.05, 4.69) is 21.9 Å². The van der Waals surface area contributed by atoms with Gasteiger partial charge < -0.3 is 15.0 Å². The van der Waals surface area contributed by atoms with E-state index in [1.54, 1.807) is 12.3 Å². The standard InChI is InChI=1S/C14H17N3O/c1-2-9-18-13-6-4-3-5-12(13)10-15-11-14-16-7-8-17-14/h2-8,15H,1,9-11H2,(H,16,17). The number of H-pyrrole nitrogens is 1. The molecule has 94 valence electrons. The van der Waals surface area contributed by atoms with E-state index < -0.39 is 0 Å². The predicted molar refractivity (Wildman–Crippen MR) is 71.3 cm³/mol. The molecule has 1 heterocycles. The first kappa shape index (κ1) is 12.4. The molecule has 0 aliphatic carbocycles. The van der Waals surface area contributed by atoms with Crippen molar-refractivity contribution < 1.29 is 4.74 Å². The van der Waals surface area contributed by atoms with Crippen LogP contribution in [0.1, 0.15) is 11.4 Å². The molecule has 0 aliphatic heterocycles. The Morgan fingerprint density at radius 2 is 2.22 bits per heavy atom. The van der Waals surface area contributed by atoms with Crippen LogP contribution in [0.25, 0.3) is 0 Å². The molecular formula is C14H17N3O. The number of benzene rings is 1. The quantitative estimate of drug-likeness (QED) is 0.733. The zero-order valence-electron chi connectivity index (χ0n) is 10.2. The lowest BCUT2D eigenvalue weighted by Gasteiger charge is -2.10. The number of imidazole rings is 1. The fourth-order valence-electron chi connectivity index (χ4n) is 1.65. The molecule has 0 unspecified atom stereocenters. The SMILES string of the molecule is C=CCOc1ccccc1CNCc1ncc[nH]1. The van der Waals surface area contributed by atoms with E-state index in [-0.39, 0.29) is 0 Å². The highest BCUT2D eigenvalue weighted by atomic mass is 16.5.